The number of nitrogens with zero attached hydrogens (tertiary/aromatic N) is 3. The molecule has 1 aromatic carbocycles. The minimum atomic E-state index is -0.968. The maximum atomic E-state index is 11.2. The van der Waals surface area contributed by atoms with E-state index >= 15 is 0 Å². The summed E-state index contributed by atoms with van der Waals surface area (Å²) >= 11 is 6.27. The summed E-state index contributed by atoms with van der Waals surface area (Å²) in [6.45, 7) is 0. The molecule has 0 amide bonds. The van der Waals surface area contributed by atoms with E-state index in [0.29, 0.717) is 11.4 Å². The lowest BCUT2D eigenvalue weighted by molar-refractivity contribution is -0.0515. The lowest BCUT2D eigenvalue weighted by Crippen LogP contribution is -2.40. The molecule has 0 bridgehead atoms. The van der Waals surface area contributed by atoms with Crippen LogP contribution in [0.15, 0.2) is 36.9 Å². The summed E-state index contributed by atoms with van der Waals surface area (Å²) < 4.78 is 1.75. The molecule has 1 aromatic heterocycles. The molecule has 2 atom stereocenters. The fourth-order valence-corrected chi connectivity index (χ4v) is 3.29. The average Bonchev–Trinajstić information content (AvgIpc) is 2.93. The molecular formula is C14H16ClN3O. The highest BCUT2D eigenvalue weighted by Crippen LogP contribution is 2.46. The van der Waals surface area contributed by atoms with E-state index < -0.39 is 5.60 Å². The molecular weight excluding hydrogens is 262 g/mol. The Morgan fingerprint density at radius 1 is 1.32 bits per heavy atom. The summed E-state index contributed by atoms with van der Waals surface area (Å²) in [5.41, 5.74) is -0.179. The number of rotatable bonds is 2. The number of aliphatic hydroxyl groups is 1. The summed E-state index contributed by atoms with van der Waals surface area (Å²) in [7, 11) is 0. The van der Waals surface area contributed by atoms with Crippen LogP contribution in [0, 0.1) is 0 Å². The summed E-state index contributed by atoms with van der Waals surface area (Å²) in [5.74, 6) is 0. The van der Waals surface area contributed by atoms with Gasteiger partial charge in [0.25, 0.3) is 0 Å². The van der Waals surface area contributed by atoms with Crippen LogP contribution >= 0.6 is 11.6 Å². The van der Waals surface area contributed by atoms with Crippen molar-refractivity contribution in [1.29, 1.82) is 0 Å². The number of aromatic nitrogens is 3. The maximum absolute atomic E-state index is 11.2. The van der Waals surface area contributed by atoms with Crippen molar-refractivity contribution in [2.45, 2.75) is 37.3 Å². The van der Waals surface area contributed by atoms with E-state index in [1.807, 2.05) is 24.3 Å². The van der Waals surface area contributed by atoms with Crippen LogP contribution < -0.4 is 0 Å². The van der Waals surface area contributed by atoms with Crippen molar-refractivity contribution in [3.63, 3.8) is 0 Å². The van der Waals surface area contributed by atoms with Gasteiger partial charge in [0.15, 0.2) is 0 Å². The fourth-order valence-electron chi connectivity index (χ4n) is 2.99. The van der Waals surface area contributed by atoms with Gasteiger partial charge in [-0.1, -0.05) is 42.6 Å². The van der Waals surface area contributed by atoms with Gasteiger partial charge in [-0.15, -0.1) is 0 Å². The molecule has 1 heterocycles. The lowest BCUT2D eigenvalue weighted by atomic mass is 9.76. The van der Waals surface area contributed by atoms with Crippen LogP contribution in [0.5, 0.6) is 0 Å². The number of hydrogen-bond donors (Lipinski definition) is 1. The molecule has 1 aliphatic rings. The van der Waals surface area contributed by atoms with Crippen LogP contribution in [0.4, 0.5) is 0 Å². The lowest BCUT2D eigenvalue weighted by Gasteiger charge is -2.40. The zero-order valence-electron chi connectivity index (χ0n) is 10.5. The Labute approximate surface area is 117 Å². The van der Waals surface area contributed by atoms with E-state index in [9.17, 15) is 5.11 Å². The Bertz CT molecular complexity index is 558. The van der Waals surface area contributed by atoms with Gasteiger partial charge in [-0.25, -0.2) is 9.67 Å². The Balaban J connectivity index is 2.06. The van der Waals surface area contributed by atoms with Crippen molar-refractivity contribution in [3.8, 4) is 0 Å². The van der Waals surface area contributed by atoms with Gasteiger partial charge in [0, 0.05) is 10.6 Å². The van der Waals surface area contributed by atoms with Crippen LogP contribution in [0.3, 0.4) is 0 Å². The smallest absolute Gasteiger partial charge is 0.137 e. The summed E-state index contributed by atoms with van der Waals surface area (Å²) in [6, 6.07) is 7.40. The molecule has 4 nitrogen and oxygen atoms in total. The van der Waals surface area contributed by atoms with Gasteiger partial charge in [0.1, 0.15) is 18.3 Å². The predicted molar refractivity (Wildman–Crippen MR) is 72.9 cm³/mol. The minimum absolute atomic E-state index is 0.108. The highest BCUT2D eigenvalue weighted by molar-refractivity contribution is 6.31. The number of hydrogen-bond acceptors (Lipinski definition) is 3. The summed E-state index contributed by atoms with van der Waals surface area (Å²) in [4.78, 5) is 3.99. The summed E-state index contributed by atoms with van der Waals surface area (Å²) in [6.07, 6.45) is 6.82. The zero-order valence-corrected chi connectivity index (χ0v) is 11.3. The number of halogens is 1. The van der Waals surface area contributed by atoms with E-state index in [2.05, 4.69) is 10.1 Å². The molecule has 5 heteroatoms. The molecule has 0 saturated heterocycles. The van der Waals surface area contributed by atoms with Gasteiger partial charge in [-0.2, -0.15) is 5.10 Å². The van der Waals surface area contributed by atoms with Gasteiger partial charge >= 0.3 is 0 Å². The van der Waals surface area contributed by atoms with E-state index in [1.54, 1.807) is 11.0 Å². The van der Waals surface area contributed by atoms with Crippen LogP contribution in [0.25, 0.3) is 0 Å². The Morgan fingerprint density at radius 2 is 2.16 bits per heavy atom. The van der Waals surface area contributed by atoms with Crippen LogP contribution in [0.2, 0.25) is 5.02 Å². The topological polar surface area (TPSA) is 50.9 Å². The van der Waals surface area contributed by atoms with Gasteiger partial charge in [-0.05, 0) is 18.9 Å². The first-order valence-corrected chi connectivity index (χ1v) is 6.91. The van der Waals surface area contributed by atoms with E-state index in [1.165, 1.54) is 6.33 Å². The van der Waals surface area contributed by atoms with Crippen molar-refractivity contribution >= 4 is 11.6 Å². The second kappa shape index (κ2) is 4.94. The van der Waals surface area contributed by atoms with Gasteiger partial charge in [-0.3, -0.25) is 0 Å². The molecule has 0 unspecified atom stereocenters. The molecule has 0 spiro atoms. The second-order valence-electron chi connectivity index (χ2n) is 5.04. The van der Waals surface area contributed by atoms with Crippen LogP contribution in [-0.4, -0.2) is 19.9 Å². The third-order valence-electron chi connectivity index (χ3n) is 3.93. The average molecular weight is 278 g/mol. The van der Waals surface area contributed by atoms with Crippen molar-refractivity contribution in [2.24, 2.45) is 0 Å². The third-order valence-corrected chi connectivity index (χ3v) is 4.26. The molecule has 19 heavy (non-hydrogen) atoms. The maximum Gasteiger partial charge on any atom is 0.137 e. The highest BCUT2D eigenvalue weighted by Gasteiger charge is 2.43. The van der Waals surface area contributed by atoms with Crippen molar-refractivity contribution in [3.05, 3.63) is 47.5 Å². The first-order valence-electron chi connectivity index (χ1n) is 6.53. The normalized spacial score (nSPS) is 27.4. The molecule has 3 rings (SSSR count). The molecule has 0 aliphatic heterocycles. The largest absolute Gasteiger partial charge is 0.383 e. The van der Waals surface area contributed by atoms with Gasteiger partial charge < -0.3 is 5.11 Å². The third kappa shape index (κ3) is 2.15. The fraction of sp³-hybridized carbons (Fsp3) is 0.429. The quantitative estimate of drug-likeness (QED) is 0.918. The van der Waals surface area contributed by atoms with Crippen LogP contribution in [0.1, 0.15) is 37.3 Å². The summed E-state index contributed by atoms with van der Waals surface area (Å²) in [5, 5.41) is 16.0. The van der Waals surface area contributed by atoms with Crippen LogP contribution in [-0.2, 0) is 5.60 Å². The molecule has 2 aromatic rings. The Hall–Kier alpha value is -1.39. The standard InChI is InChI=1S/C14H16ClN3O/c15-12-6-2-1-5-11(12)14(19)8-4-3-7-13(14)18-10-16-9-17-18/h1-2,5-6,9-10,13,19H,3-4,7-8H2/t13-,14-/m1/s1. The molecule has 0 radical (unpaired) electrons. The van der Waals surface area contributed by atoms with Crippen molar-refractivity contribution in [1.82, 2.24) is 14.8 Å². The molecule has 1 aliphatic carbocycles. The monoisotopic (exact) mass is 277 g/mol. The van der Waals surface area contributed by atoms with Crippen molar-refractivity contribution < 1.29 is 5.11 Å². The first kappa shape index (κ1) is 12.6. The van der Waals surface area contributed by atoms with E-state index in [4.69, 9.17) is 11.6 Å². The number of benzene rings is 1. The molecule has 100 valence electrons. The van der Waals surface area contributed by atoms with Crippen molar-refractivity contribution in [2.75, 3.05) is 0 Å². The molecule has 1 N–H and O–H groups in total. The van der Waals surface area contributed by atoms with E-state index in [-0.39, 0.29) is 6.04 Å². The van der Waals surface area contributed by atoms with E-state index in [0.717, 1.165) is 24.8 Å². The highest BCUT2D eigenvalue weighted by atomic mass is 35.5. The molecule has 1 fully saturated rings. The Kier molecular flexibility index (Phi) is 3.29. The predicted octanol–water partition coefficient (Wildman–Crippen LogP) is 2.93. The first-order chi connectivity index (χ1) is 9.22. The molecule has 1 saturated carbocycles. The second-order valence-corrected chi connectivity index (χ2v) is 5.45. The minimum Gasteiger partial charge on any atom is -0.383 e. The Morgan fingerprint density at radius 3 is 2.89 bits per heavy atom. The SMILES string of the molecule is O[C@@]1(c2ccccc2Cl)CCCC[C@H]1n1cncn1. The van der Waals surface area contributed by atoms with Gasteiger partial charge in [0.2, 0.25) is 0 Å². The zero-order chi connectivity index (χ0) is 13.3. The van der Waals surface area contributed by atoms with Gasteiger partial charge in [0.05, 0.1) is 6.04 Å².